The van der Waals surface area contributed by atoms with Gasteiger partial charge in [0, 0.05) is 12.1 Å². The first kappa shape index (κ1) is 14.0. The molecule has 1 aliphatic heterocycles. The van der Waals surface area contributed by atoms with Crippen LogP contribution in [0.25, 0.3) is 0 Å². The lowest BCUT2D eigenvalue weighted by molar-refractivity contribution is 0.192. The molecule has 0 aliphatic carbocycles. The molecule has 1 fully saturated rings. The van der Waals surface area contributed by atoms with Crippen LogP contribution in [0.15, 0.2) is 16.8 Å². The van der Waals surface area contributed by atoms with Crippen LogP contribution < -0.4 is 5.32 Å². The second-order valence-corrected chi connectivity index (χ2v) is 6.30. The van der Waals surface area contributed by atoms with Gasteiger partial charge in [-0.05, 0) is 74.6 Å². The number of likely N-dealkylation sites (tertiary alicyclic amines) is 1. The largest absolute Gasteiger partial charge is 0.311 e. The summed E-state index contributed by atoms with van der Waals surface area (Å²) in [6.07, 6.45) is 5.08. The Bertz CT molecular complexity index is 315. The van der Waals surface area contributed by atoms with Crippen molar-refractivity contribution in [2.24, 2.45) is 0 Å². The molecule has 0 saturated carbocycles. The van der Waals surface area contributed by atoms with Crippen molar-refractivity contribution in [3.8, 4) is 0 Å². The summed E-state index contributed by atoms with van der Waals surface area (Å²) in [5, 5.41) is 8.24. The van der Waals surface area contributed by atoms with E-state index in [-0.39, 0.29) is 0 Å². The van der Waals surface area contributed by atoms with Gasteiger partial charge in [0.25, 0.3) is 0 Å². The third-order valence-corrected chi connectivity index (χ3v) is 4.50. The van der Waals surface area contributed by atoms with Gasteiger partial charge in [-0.3, -0.25) is 0 Å². The fourth-order valence-electron chi connectivity index (χ4n) is 2.86. The van der Waals surface area contributed by atoms with E-state index < -0.39 is 0 Å². The SMILES string of the molecule is CCCN1CCC(NC(C)Cc2ccsc2)CC1. The molecule has 0 amide bonds. The van der Waals surface area contributed by atoms with E-state index >= 15 is 0 Å². The highest BCUT2D eigenvalue weighted by atomic mass is 32.1. The minimum Gasteiger partial charge on any atom is -0.311 e. The molecule has 1 aromatic rings. The lowest BCUT2D eigenvalue weighted by atomic mass is 10.0. The lowest BCUT2D eigenvalue weighted by Crippen LogP contribution is -2.46. The number of thiophene rings is 1. The Morgan fingerprint density at radius 1 is 1.44 bits per heavy atom. The standard InChI is InChI=1S/C15H26N2S/c1-3-7-17-8-4-15(5-9-17)16-13(2)11-14-6-10-18-12-14/h6,10,12-13,15-16H,3-5,7-9,11H2,1-2H3. The van der Waals surface area contributed by atoms with Crippen molar-refractivity contribution >= 4 is 11.3 Å². The summed E-state index contributed by atoms with van der Waals surface area (Å²) in [6.45, 7) is 8.41. The van der Waals surface area contributed by atoms with Crippen LogP contribution >= 0.6 is 11.3 Å². The van der Waals surface area contributed by atoms with Crippen molar-refractivity contribution in [1.82, 2.24) is 10.2 Å². The fourth-order valence-corrected chi connectivity index (χ4v) is 3.54. The fraction of sp³-hybridized carbons (Fsp3) is 0.733. The molecule has 1 N–H and O–H groups in total. The van der Waals surface area contributed by atoms with E-state index in [9.17, 15) is 0 Å². The number of nitrogens with zero attached hydrogens (tertiary/aromatic N) is 1. The summed E-state index contributed by atoms with van der Waals surface area (Å²) in [5.74, 6) is 0. The summed E-state index contributed by atoms with van der Waals surface area (Å²) >= 11 is 1.80. The van der Waals surface area contributed by atoms with E-state index in [1.54, 1.807) is 11.3 Å². The predicted molar refractivity (Wildman–Crippen MR) is 80.4 cm³/mol. The number of hydrogen-bond acceptors (Lipinski definition) is 3. The van der Waals surface area contributed by atoms with E-state index in [1.165, 1.54) is 50.9 Å². The van der Waals surface area contributed by atoms with Gasteiger partial charge in [-0.1, -0.05) is 6.92 Å². The van der Waals surface area contributed by atoms with E-state index in [0.717, 1.165) is 6.04 Å². The van der Waals surface area contributed by atoms with Gasteiger partial charge in [-0.25, -0.2) is 0 Å². The molecule has 0 aromatic carbocycles. The Morgan fingerprint density at radius 3 is 2.83 bits per heavy atom. The maximum atomic E-state index is 3.80. The first-order chi connectivity index (χ1) is 8.78. The molecule has 2 nitrogen and oxygen atoms in total. The van der Waals surface area contributed by atoms with Gasteiger partial charge in [-0.15, -0.1) is 0 Å². The molecular weight excluding hydrogens is 240 g/mol. The lowest BCUT2D eigenvalue weighted by Gasteiger charge is -2.33. The van der Waals surface area contributed by atoms with Crippen LogP contribution in [0.4, 0.5) is 0 Å². The van der Waals surface area contributed by atoms with Crippen LogP contribution in [0.5, 0.6) is 0 Å². The minimum absolute atomic E-state index is 0.599. The Kier molecular flexibility index (Phi) is 5.67. The van der Waals surface area contributed by atoms with E-state index in [1.807, 2.05) is 0 Å². The van der Waals surface area contributed by atoms with Crippen LogP contribution in [-0.2, 0) is 6.42 Å². The molecule has 0 bridgehead atoms. The molecule has 1 saturated heterocycles. The third kappa shape index (κ3) is 4.38. The number of piperidine rings is 1. The average Bonchev–Trinajstić information content (AvgIpc) is 2.84. The van der Waals surface area contributed by atoms with Gasteiger partial charge >= 0.3 is 0 Å². The average molecular weight is 266 g/mol. The number of hydrogen-bond donors (Lipinski definition) is 1. The zero-order valence-electron chi connectivity index (χ0n) is 11.7. The summed E-state index contributed by atoms with van der Waals surface area (Å²) in [6, 6.07) is 3.57. The zero-order valence-corrected chi connectivity index (χ0v) is 12.5. The van der Waals surface area contributed by atoms with Crippen LogP contribution in [0.2, 0.25) is 0 Å². The molecule has 2 rings (SSSR count). The minimum atomic E-state index is 0.599. The Hall–Kier alpha value is -0.380. The first-order valence-electron chi connectivity index (χ1n) is 7.27. The quantitative estimate of drug-likeness (QED) is 0.851. The van der Waals surface area contributed by atoms with Crippen molar-refractivity contribution in [1.29, 1.82) is 0 Å². The van der Waals surface area contributed by atoms with Crippen molar-refractivity contribution in [3.63, 3.8) is 0 Å². The summed E-state index contributed by atoms with van der Waals surface area (Å²) < 4.78 is 0. The van der Waals surface area contributed by atoms with Crippen LogP contribution in [0.1, 0.15) is 38.7 Å². The van der Waals surface area contributed by atoms with Crippen molar-refractivity contribution < 1.29 is 0 Å². The molecule has 1 atom stereocenters. The molecule has 102 valence electrons. The number of rotatable bonds is 6. The van der Waals surface area contributed by atoms with E-state index in [4.69, 9.17) is 0 Å². The molecule has 1 aromatic heterocycles. The Labute approximate surface area is 115 Å². The van der Waals surface area contributed by atoms with Crippen molar-refractivity contribution in [2.45, 2.75) is 51.6 Å². The maximum Gasteiger partial charge on any atom is 0.00940 e. The molecule has 1 aliphatic rings. The molecule has 0 radical (unpaired) electrons. The summed E-state index contributed by atoms with van der Waals surface area (Å²) in [5.41, 5.74) is 1.48. The topological polar surface area (TPSA) is 15.3 Å². The van der Waals surface area contributed by atoms with E-state index in [2.05, 4.69) is 40.9 Å². The highest BCUT2D eigenvalue weighted by molar-refractivity contribution is 7.07. The normalized spacial score (nSPS) is 20.1. The van der Waals surface area contributed by atoms with Crippen molar-refractivity contribution in [3.05, 3.63) is 22.4 Å². The molecular formula is C15H26N2S. The van der Waals surface area contributed by atoms with Gasteiger partial charge in [-0.2, -0.15) is 11.3 Å². The predicted octanol–water partition coefficient (Wildman–Crippen LogP) is 3.14. The second-order valence-electron chi connectivity index (χ2n) is 5.52. The van der Waals surface area contributed by atoms with Crippen molar-refractivity contribution in [2.75, 3.05) is 19.6 Å². The smallest absolute Gasteiger partial charge is 0.00940 e. The maximum absolute atomic E-state index is 3.80. The van der Waals surface area contributed by atoms with Gasteiger partial charge in [0.15, 0.2) is 0 Å². The zero-order chi connectivity index (χ0) is 12.8. The molecule has 1 unspecified atom stereocenters. The third-order valence-electron chi connectivity index (χ3n) is 3.77. The van der Waals surface area contributed by atoms with Gasteiger partial charge in [0.2, 0.25) is 0 Å². The van der Waals surface area contributed by atoms with E-state index in [0.29, 0.717) is 6.04 Å². The highest BCUT2D eigenvalue weighted by Gasteiger charge is 2.19. The first-order valence-corrected chi connectivity index (χ1v) is 8.21. The second kappa shape index (κ2) is 7.27. The molecule has 18 heavy (non-hydrogen) atoms. The van der Waals surface area contributed by atoms with Crippen LogP contribution in [0.3, 0.4) is 0 Å². The Morgan fingerprint density at radius 2 is 2.22 bits per heavy atom. The summed E-state index contributed by atoms with van der Waals surface area (Å²) in [4.78, 5) is 2.60. The Balaban J connectivity index is 1.68. The van der Waals surface area contributed by atoms with Gasteiger partial charge in [0.1, 0.15) is 0 Å². The molecule has 3 heteroatoms. The molecule has 0 spiro atoms. The van der Waals surface area contributed by atoms with Gasteiger partial charge < -0.3 is 10.2 Å². The van der Waals surface area contributed by atoms with Crippen LogP contribution in [-0.4, -0.2) is 36.6 Å². The highest BCUT2D eigenvalue weighted by Crippen LogP contribution is 2.13. The number of nitrogens with one attached hydrogen (secondary N) is 1. The monoisotopic (exact) mass is 266 g/mol. The summed E-state index contributed by atoms with van der Waals surface area (Å²) in [7, 11) is 0. The molecule has 2 heterocycles. The van der Waals surface area contributed by atoms with Gasteiger partial charge in [0.05, 0.1) is 0 Å². The van der Waals surface area contributed by atoms with Crippen LogP contribution in [0, 0.1) is 0 Å².